The minimum absolute atomic E-state index is 0.259. The molecule has 0 spiro atoms. The van der Waals surface area contributed by atoms with Crippen molar-refractivity contribution in [3.05, 3.63) is 40.1 Å². The first-order valence-electron chi connectivity index (χ1n) is 6.37. The summed E-state index contributed by atoms with van der Waals surface area (Å²) in [5, 5.41) is 5.77. The Morgan fingerprint density at radius 3 is 2.50 bits per heavy atom. The molecule has 0 saturated heterocycles. The Bertz CT molecular complexity index is 668. The Kier molecular flexibility index (Phi) is 5.37. The zero-order chi connectivity index (χ0) is 15.9. The third kappa shape index (κ3) is 3.37. The van der Waals surface area contributed by atoms with Crippen LogP contribution in [-0.4, -0.2) is 33.5 Å². The normalized spacial score (nSPS) is 10.5. The highest BCUT2D eigenvalue weighted by atomic mass is 32.1. The second-order valence-electron chi connectivity index (χ2n) is 4.10. The molecule has 1 heterocycles. The Balaban J connectivity index is 2.18. The number of amides is 1. The molecule has 116 valence electrons. The summed E-state index contributed by atoms with van der Waals surface area (Å²) >= 11 is 1.35. The molecule has 0 unspecified atom stereocenters. The molecule has 1 N–H and O–H groups in total. The number of nitrogens with one attached hydrogen (secondary N) is 1. The fourth-order valence-corrected chi connectivity index (χ4v) is 2.46. The minimum Gasteiger partial charge on any atom is -0.493 e. The molecule has 0 atom stereocenters. The maximum absolute atomic E-state index is 11.8. The van der Waals surface area contributed by atoms with Crippen molar-refractivity contribution in [2.45, 2.75) is 0 Å². The Morgan fingerprint density at radius 2 is 1.91 bits per heavy atom. The molecule has 0 bridgehead atoms. The molecule has 2 aromatic rings. The van der Waals surface area contributed by atoms with E-state index in [9.17, 15) is 4.79 Å². The molecular formula is C15H16N2O4S. The molecular weight excluding hydrogens is 304 g/mol. The number of carbonyl (C=O) groups excluding carboxylic acids is 1. The molecule has 1 aromatic carbocycles. The van der Waals surface area contributed by atoms with E-state index in [1.54, 1.807) is 31.4 Å². The third-order valence-corrected chi connectivity index (χ3v) is 3.72. The van der Waals surface area contributed by atoms with Gasteiger partial charge in [0.2, 0.25) is 5.75 Å². The molecule has 0 aliphatic heterocycles. The van der Waals surface area contributed by atoms with Crippen LogP contribution in [0.5, 0.6) is 17.2 Å². The predicted octanol–water partition coefficient (Wildman–Crippen LogP) is 2.54. The van der Waals surface area contributed by atoms with Crippen molar-refractivity contribution in [3.63, 3.8) is 0 Å². The number of hydrogen-bond acceptors (Lipinski definition) is 6. The topological polar surface area (TPSA) is 69.2 Å². The van der Waals surface area contributed by atoms with Gasteiger partial charge in [-0.3, -0.25) is 4.79 Å². The van der Waals surface area contributed by atoms with E-state index in [0.717, 1.165) is 0 Å². The fourth-order valence-electron chi connectivity index (χ4n) is 1.85. The van der Waals surface area contributed by atoms with Gasteiger partial charge in [0.25, 0.3) is 5.91 Å². The summed E-state index contributed by atoms with van der Waals surface area (Å²) in [4.78, 5) is 12.4. The van der Waals surface area contributed by atoms with Gasteiger partial charge in [-0.1, -0.05) is 6.07 Å². The zero-order valence-electron chi connectivity index (χ0n) is 12.5. The average Bonchev–Trinajstić information content (AvgIpc) is 3.08. The van der Waals surface area contributed by atoms with E-state index in [0.29, 0.717) is 27.7 Å². The van der Waals surface area contributed by atoms with Crippen LogP contribution >= 0.6 is 11.3 Å². The first kappa shape index (κ1) is 15.8. The van der Waals surface area contributed by atoms with Crippen LogP contribution in [-0.2, 0) is 0 Å². The summed E-state index contributed by atoms with van der Waals surface area (Å²) < 4.78 is 15.8. The number of hydrogen-bond donors (Lipinski definition) is 1. The van der Waals surface area contributed by atoms with Gasteiger partial charge in [-0.25, -0.2) is 5.43 Å². The molecule has 22 heavy (non-hydrogen) atoms. The van der Waals surface area contributed by atoms with Crippen LogP contribution in [0.4, 0.5) is 0 Å². The van der Waals surface area contributed by atoms with Gasteiger partial charge in [0.05, 0.1) is 32.4 Å². The molecule has 2 rings (SSSR count). The highest BCUT2D eigenvalue weighted by Gasteiger charge is 2.14. The summed E-state index contributed by atoms with van der Waals surface area (Å²) in [6, 6.07) is 7.04. The Hall–Kier alpha value is -2.54. The van der Waals surface area contributed by atoms with Gasteiger partial charge < -0.3 is 14.2 Å². The molecule has 0 aliphatic rings. The summed E-state index contributed by atoms with van der Waals surface area (Å²) in [5.74, 6) is 1.25. The van der Waals surface area contributed by atoms with E-state index in [1.165, 1.54) is 31.8 Å². The fraction of sp³-hybridized carbons (Fsp3) is 0.200. The average molecular weight is 320 g/mol. The second kappa shape index (κ2) is 7.46. The molecule has 1 aromatic heterocycles. The van der Waals surface area contributed by atoms with Gasteiger partial charge in [-0.15, -0.1) is 11.3 Å². The van der Waals surface area contributed by atoms with Gasteiger partial charge in [-0.2, -0.15) is 5.10 Å². The molecule has 0 aliphatic carbocycles. The molecule has 0 fully saturated rings. The van der Waals surface area contributed by atoms with Crippen molar-refractivity contribution in [3.8, 4) is 17.2 Å². The van der Waals surface area contributed by atoms with E-state index in [1.807, 2.05) is 5.38 Å². The SMILES string of the molecule is COc1ccc(/C=N/NC(=O)c2cccs2)c(OC)c1OC. The summed E-state index contributed by atoms with van der Waals surface area (Å²) in [7, 11) is 4.60. The highest BCUT2D eigenvalue weighted by molar-refractivity contribution is 7.12. The summed E-state index contributed by atoms with van der Waals surface area (Å²) in [6.45, 7) is 0. The molecule has 7 heteroatoms. The number of thiophene rings is 1. The number of benzene rings is 1. The van der Waals surface area contributed by atoms with Crippen LogP contribution in [0.2, 0.25) is 0 Å². The third-order valence-electron chi connectivity index (χ3n) is 2.85. The van der Waals surface area contributed by atoms with Crippen molar-refractivity contribution in [1.82, 2.24) is 5.43 Å². The number of nitrogens with zero attached hydrogens (tertiary/aromatic N) is 1. The van der Waals surface area contributed by atoms with Crippen LogP contribution in [0.1, 0.15) is 15.2 Å². The zero-order valence-corrected chi connectivity index (χ0v) is 13.3. The quantitative estimate of drug-likeness (QED) is 0.656. The van der Waals surface area contributed by atoms with E-state index < -0.39 is 0 Å². The van der Waals surface area contributed by atoms with Crippen molar-refractivity contribution < 1.29 is 19.0 Å². The van der Waals surface area contributed by atoms with E-state index in [4.69, 9.17) is 14.2 Å². The first-order chi connectivity index (χ1) is 10.7. The van der Waals surface area contributed by atoms with Gasteiger partial charge in [-0.05, 0) is 23.6 Å². The second-order valence-corrected chi connectivity index (χ2v) is 5.05. The van der Waals surface area contributed by atoms with Crippen molar-refractivity contribution in [2.24, 2.45) is 5.10 Å². The molecule has 1 amide bonds. The number of methoxy groups -OCH3 is 3. The van der Waals surface area contributed by atoms with E-state index in [-0.39, 0.29) is 5.91 Å². The number of rotatable bonds is 6. The minimum atomic E-state index is -0.259. The van der Waals surface area contributed by atoms with Gasteiger partial charge in [0, 0.05) is 5.56 Å². The number of hydrazone groups is 1. The largest absolute Gasteiger partial charge is 0.493 e. The van der Waals surface area contributed by atoms with Crippen LogP contribution in [0.3, 0.4) is 0 Å². The van der Waals surface area contributed by atoms with Crippen molar-refractivity contribution in [1.29, 1.82) is 0 Å². The monoisotopic (exact) mass is 320 g/mol. The predicted molar refractivity (Wildman–Crippen MR) is 85.5 cm³/mol. The highest BCUT2D eigenvalue weighted by Crippen LogP contribution is 2.38. The molecule has 0 saturated carbocycles. The van der Waals surface area contributed by atoms with Gasteiger partial charge in [0.15, 0.2) is 11.5 Å². The van der Waals surface area contributed by atoms with Crippen LogP contribution in [0, 0.1) is 0 Å². The summed E-state index contributed by atoms with van der Waals surface area (Å²) in [6.07, 6.45) is 1.49. The lowest BCUT2D eigenvalue weighted by Crippen LogP contribution is -2.16. The first-order valence-corrected chi connectivity index (χ1v) is 7.25. The van der Waals surface area contributed by atoms with Crippen molar-refractivity contribution >= 4 is 23.5 Å². The Labute approximate surface area is 132 Å². The van der Waals surface area contributed by atoms with E-state index >= 15 is 0 Å². The lowest BCUT2D eigenvalue weighted by Gasteiger charge is -2.13. The van der Waals surface area contributed by atoms with E-state index in [2.05, 4.69) is 10.5 Å². The molecule has 0 radical (unpaired) electrons. The van der Waals surface area contributed by atoms with Crippen molar-refractivity contribution in [2.75, 3.05) is 21.3 Å². The lowest BCUT2D eigenvalue weighted by molar-refractivity contribution is 0.0959. The number of carbonyl (C=O) groups is 1. The Morgan fingerprint density at radius 1 is 1.14 bits per heavy atom. The summed E-state index contributed by atoms with van der Waals surface area (Å²) in [5.41, 5.74) is 3.12. The maximum atomic E-state index is 11.8. The van der Waals surface area contributed by atoms with Crippen LogP contribution < -0.4 is 19.6 Å². The van der Waals surface area contributed by atoms with Crippen LogP contribution in [0.25, 0.3) is 0 Å². The lowest BCUT2D eigenvalue weighted by atomic mass is 10.2. The van der Waals surface area contributed by atoms with Gasteiger partial charge >= 0.3 is 0 Å². The standard InChI is InChI=1S/C15H16N2O4S/c1-19-11-7-6-10(13(20-2)14(11)21-3)9-16-17-15(18)12-5-4-8-22-12/h4-9H,1-3H3,(H,17,18)/b16-9+. The molecule has 6 nitrogen and oxygen atoms in total. The van der Waals surface area contributed by atoms with Gasteiger partial charge in [0.1, 0.15) is 0 Å². The van der Waals surface area contributed by atoms with Crippen LogP contribution in [0.15, 0.2) is 34.7 Å². The maximum Gasteiger partial charge on any atom is 0.281 e. The smallest absolute Gasteiger partial charge is 0.281 e. The number of ether oxygens (including phenoxy) is 3.